The van der Waals surface area contributed by atoms with Crippen LogP contribution in [0.15, 0.2) is 27.6 Å². The number of nitrogens with zero attached hydrogens (tertiary/aromatic N) is 1. The molecule has 0 aromatic heterocycles. The summed E-state index contributed by atoms with van der Waals surface area (Å²) in [5, 5.41) is 0.471. The van der Waals surface area contributed by atoms with Crippen molar-refractivity contribution in [3.05, 3.63) is 27.7 Å². The molecule has 1 rings (SSSR count). The Labute approximate surface area is 115 Å². The molecule has 1 atom stereocenters. The lowest BCUT2D eigenvalue weighted by molar-refractivity contribution is 0.394. The zero-order valence-electron chi connectivity index (χ0n) is 9.52. The Morgan fingerprint density at radius 3 is 2.59 bits per heavy atom. The molecule has 0 saturated heterocycles. The topological polar surface area (TPSA) is 63.4 Å². The molecular formula is C10H14BrClN2O2S. The van der Waals surface area contributed by atoms with Gasteiger partial charge in [0.1, 0.15) is 0 Å². The van der Waals surface area contributed by atoms with Crippen LogP contribution < -0.4 is 5.73 Å². The summed E-state index contributed by atoms with van der Waals surface area (Å²) in [7, 11) is -2.02. The van der Waals surface area contributed by atoms with Crippen LogP contribution in [0.25, 0.3) is 0 Å². The van der Waals surface area contributed by atoms with Gasteiger partial charge in [-0.3, -0.25) is 0 Å². The van der Waals surface area contributed by atoms with Crippen molar-refractivity contribution in [3.8, 4) is 0 Å². The van der Waals surface area contributed by atoms with Gasteiger partial charge in [-0.2, -0.15) is 4.31 Å². The summed E-state index contributed by atoms with van der Waals surface area (Å²) in [5.74, 6) is 0. The first-order valence-corrected chi connectivity index (χ1v) is 7.55. The second-order valence-corrected chi connectivity index (χ2v) is 6.94. The van der Waals surface area contributed by atoms with Gasteiger partial charge in [0, 0.05) is 24.1 Å². The summed E-state index contributed by atoms with van der Waals surface area (Å²) in [6.45, 7) is 2.02. The van der Waals surface area contributed by atoms with Crippen molar-refractivity contribution < 1.29 is 8.42 Å². The highest BCUT2D eigenvalue weighted by Crippen LogP contribution is 2.26. The van der Waals surface area contributed by atoms with Gasteiger partial charge in [-0.15, -0.1) is 0 Å². The molecule has 0 aliphatic heterocycles. The SMILES string of the molecule is CC(CN)N(C)S(=O)(=O)c1ccc(Cl)c(Br)c1. The molecule has 0 heterocycles. The van der Waals surface area contributed by atoms with E-state index in [1.54, 1.807) is 13.0 Å². The third-order valence-corrected chi connectivity index (χ3v) is 5.71. The van der Waals surface area contributed by atoms with E-state index in [-0.39, 0.29) is 17.5 Å². The Balaban J connectivity index is 3.17. The molecule has 2 N–H and O–H groups in total. The third-order valence-electron chi connectivity index (χ3n) is 2.53. The maximum Gasteiger partial charge on any atom is 0.243 e. The number of sulfonamides is 1. The van der Waals surface area contributed by atoms with Crippen LogP contribution in [0.4, 0.5) is 0 Å². The largest absolute Gasteiger partial charge is 0.329 e. The molecule has 0 radical (unpaired) electrons. The van der Waals surface area contributed by atoms with E-state index in [1.807, 2.05) is 0 Å². The lowest BCUT2D eigenvalue weighted by atomic mass is 10.4. The Bertz CT molecular complexity index is 507. The summed E-state index contributed by atoms with van der Waals surface area (Å²) in [6, 6.07) is 4.24. The highest BCUT2D eigenvalue weighted by Gasteiger charge is 2.24. The molecule has 0 amide bonds. The maximum atomic E-state index is 12.2. The molecule has 4 nitrogen and oxygen atoms in total. The van der Waals surface area contributed by atoms with E-state index in [0.29, 0.717) is 9.50 Å². The van der Waals surface area contributed by atoms with Crippen LogP contribution in [-0.4, -0.2) is 32.4 Å². The van der Waals surface area contributed by atoms with E-state index in [4.69, 9.17) is 17.3 Å². The highest BCUT2D eigenvalue weighted by molar-refractivity contribution is 9.10. The van der Waals surface area contributed by atoms with Gasteiger partial charge in [-0.05, 0) is 41.1 Å². The summed E-state index contributed by atoms with van der Waals surface area (Å²) in [6.07, 6.45) is 0. The number of nitrogens with two attached hydrogens (primary N) is 1. The van der Waals surface area contributed by atoms with Crippen LogP contribution in [0.3, 0.4) is 0 Å². The maximum absolute atomic E-state index is 12.2. The lowest BCUT2D eigenvalue weighted by Crippen LogP contribution is -2.39. The Morgan fingerprint density at radius 1 is 1.53 bits per heavy atom. The first-order valence-electron chi connectivity index (χ1n) is 4.94. The van der Waals surface area contributed by atoms with Gasteiger partial charge in [-0.25, -0.2) is 8.42 Å². The second kappa shape index (κ2) is 5.67. The minimum atomic E-state index is -3.52. The molecule has 0 aliphatic carbocycles. The van der Waals surface area contributed by atoms with E-state index in [1.165, 1.54) is 23.5 Å². The van der Waals surface area contributed by atoms with Crippen LogP contribution in [0.5, 0.6) is 0 Å². The molecule has 17 heavy (non-hydrogen) atoms. The van der Waals surface area contributed by atoms with Crippen LogP contribution >= 0.6 is 27.5 Å². The molecule has 96 valence electrons. The number of halogens is 2. The molecule has 0 spiro atoms. The van der Waals surface area contributed by atoms with Crippen LogP contribution in [-0.2, 0) is 10.0 Å². The fourth-order valence-corrected chi connectivity index (χ4v) is 3.24. The standard InChI is InChI=1S/C10H14BrClN2O2S/c1-7(6-13)14(2)17(15,16)8-3-4-10(12)9(11)5-8/h3-5,7H,6,13H2,1-2H3. The molecule has 7 heteroatoms. The molecule has 1 unspecified atom stereocenters. The van der Waals surface area contributed by atoms with Crippen molar-refractivity contribution in [1.29, 1.82) is 0 Å². The van der Waals surface area contributed by atoms with Crippen molar-refractivity contribution >= 4 is 37.6 Å². The zero-order valence-corrected chi connectivity index (χ0v) is 12.7. The van der Waals surface area contributed by atoms with Crippen molar-refractivity contribution in [2.75, 3.05) is 13.6 Å². The van der Waals surface area contributed by atoms with Gasteiger partial charge < -0.3 is 5.73 Å². The average molecular weight is 342 g/mol. The van der Waals surface area contributed by atoms with Crippen LogP contribution in [0.2, 0.25) is 5.02 Å². The molecular weight excluding hydrogens is 328 g/mol. The number of likely N-dealkylation sites (N-methyl/N-ethyl adjacent to an activating group) is 1. The first-order chi connectivity index (χ1) is 7.80. The third kappa shape index (κ3) is 3.20. The smallest absolute Gasteiger partial charge is 0.243 e. The van der Waals surface area contributed by atoms with Gasteiger partial charge in [-0.1, -0.05) is 11.6 Å². The Morgan fingerprint density at radius 2 is 2.12 bits per heavy atom. The van der Waals surface area contributed by atoms with E-state index in [9.17, 15) is 8.42 Å². The molecule has 0 bridgehead atoms. The van der Waals surface area contributed by atoms with Crippen molar-refractivity contribution in [1.82, 2.24) is 4.31 Å². The minimum absolute atomic E-state index is 0.191. The van der Waals surface area contributed by atoms with E-state index < -0.39 is 10.0 Å². The lowest BCUT2D eigenvalue weighted by Gasteiger charge is -2.23. The van der Waals surface area contributed by atoms with E-state index in [2.05, 4.69) is 15.9 Å². The van der Waals surface area contributed by atoms with Gasteiger partial charge in [0.15, 0.2) is 0 Å². The van der Waals surface area contributed by atoms with Gasteiger partial charge in [0.25, 0.3) is 0 Å². The molecule has 0 aliphatic rings. The predicted molar refractivity (Wildman–Crippen MR) is 72.6 cm³/mol. The van der Waals surface area contributed by atoms with Crippen molar-refractivity contribution in [2.24, 2.45) is 5.73 Å². The minimum Gasteiger partial charge on any atom is -0.329 e. The van der Waals surface area contributed by atoms with E-state index in [0.717, 1.165) is 0 Å². The molecule has 1 aromatic carbocycles. The van der Waals surface area contributed by atoms with Crippen molar-refractivity contribution in [2.45, 2.75) is 17.9 Å². The van der Waals surface area contributed by atoms with Gasteiger partial charge in [0.05, 0.1) is 9.92 Å². The monoisotopic (exact) mass is 340 g/mol. The number of hydrogen-bond donors (Lipinski definition) is 1. The average Bonchev–Trinajstić information content (AvgIpc) is 2.30. The molecule has 0 saturated carbocycles. The zero-order chi connectivity index (χ0) is 13.2. The highest BCUT2D eigenvalue weighted by atomic mass is 79.9. The summed E-state index contributed by atoms with van der Waals surface area (Å²) >= 11 is 9.03. The fourth-order valence-electron chi connectivity index (χ4n) is 1.19. The van der Waals surface area contributed by atoms with Gasteiger partial charge in [0.2, 0.25) is 10.0 Å². The number of hydrogen-bond acceptors (Lipinski definition) is 3. The Kier molecular flexibility index (Phi) is 4.97. The summed E-state index contributed by atoms with van der Waals surface area (Å²) in [4.78, 5) is 0.191. The second-order valence-electron chi connectivity index (χ2n) is 3.68. The number of rotatable bonds is 4. The Hall–Kier alpha value is -0.140. The molecule has 1 aromatic rings. The quantitative estimate of drug-likeness (QED) is 0.912. The van der Waals surface area contributed by atoms with Gasteiger partial charge >= 0.3 is 0 Å². The normalized spacial score (nSPS) is 14.0. The van der Waals surface area contributed by atoms with Crippen molar-refractivity contribution in [3.63, 3.8) is 0 Å². The predicted octanol–water partition coefficient (Wildman–Crippen LogP) is 2.07. The van der Waals surface area contributed by atoms with Crippen LogP contribution in [0, 0.1) is 0 Å². The fraction of sp³-hybridized carbons (Fsp3) is 0.400. The number of benzene rings is 1. The summed E-state index contributed by atoms with van der Waals surface area (Å²) in [5.41, 5.74) is 5.47. The summed E-state index contributed by atoms with van der Waals surface area (Å²) < 4.78 is 26.2. The molecule has 0 fully saturated rings. The first kappa shape index (κ1) is 14.9. The van der Waals surface area contributed by atoms with E-state index >= 15 is 0 Å². The van der Waals surface area contributed by atoms with Crippen LogP contribution in [0.1, 0.15) is 6.92 Å².